The Labute approximate surface area is 225 Å². The molecule has 0 radical (unpaired) electrons. The lowest BCUT2D eigenvalue weighted by Crippen LogP contribution is -2.65. The Hall–Kier alpha value is -4.28. The SMILES string of the molecule is Cc1cc(O)c2c(c1)C(=O)C13C(=C2O)C(=O)[C@@H]2[C@H](O)[C@H]1[C@@H]1[C@@H](O)[C@H]3C(=O)C3=C(O)c4c(O)cc(C)cc4C(=O)C312. The van der Waals surface area contributed by atoms with Gasteiger partial charge in [0.1, 0.15) is 23.0 Å². The zero-order valence-corrected chi connectivity index (χ0v) is 21.1. The molecular weight excluding hydrogens is 520 g/mol. The first-order chi connectivity index (χ1) is 18.8. The van der Waals surface area contributed by atoms with Crippen LogP contribution in [-0.4, -0.2) is 66.0 Å². The Morgan fingerprint density at radius 2 is 0.950 bits per heavy atom. The van der Waals surface area contributed by atoms with E-state index >= 15 is 0 Å². The summed E-state index contributed by atoms with van der Waals surface area (Å²) in [5, 5.41) is 67.8. The highest BCUT2D eigenvalue weighted by Gasteiger charge is 2.89. The van der Waals surface area contributed by atoms with Crippen molar-refractivity contribution in [2.45, 2.75) is 26.1 Å². The van der Waals surface area contributed by atoms with Crippen LogP contribution in [0.3, 0.4) is 0 Å². The summed E-state index contributed by atoms with van der Waals surface area (Å²) >= 11 is 0. The summed E-state index contributed by atoms with van der Waals surface area (Å²) in [6.07, 6.45) is -3.37. The van der Waals surface area contributed by atoms with Gasteiger partial charge in [-0.25, -0.2) is 0 Å². The number of Topliss-reactive ketones (excluding diaryl/α,β-unsaturated/α-hetero) is 4. The lowest BCUT2D eigenvalue weighted by molar-refractivity contribution is -0.142. The van der Waals surface area contributed by atoms with E-state index in [9.17, 15) is 49.8 Å². The number of carbonyl (C=O) groups is 4. The van der Waals surface area contributed by atoms with Gasteiger partial charge in [0.25, 0.3) is 0 Å². The summed E-state index contributed by atoms with van der Waals surface area (Å²) in [4.78, 5) is 57.9. The quantitative estimate of drug-likeness (QED) is 0.286. The molecule has 10 heteroatoms. The second-order valence-corrected chi connectivity index (χ2v) is 12.0. The second-order valence-electron chi connectivity index (χ2n) is 12.0. The molecule has 2 spiro atoms. The molecule has 0 aromatic heterocycles. The number of phenolic OH excluding ortho intramolecular Hbond substituents is 2. The van der Waals surface area contributed by atoms with Gasteiger partial charge in [-0.15, -0.1) is 0 Å². The van der Waals surface area contributed by atoms with Crippen LogP contribution in [-0.2, 0) is 9.59 Å². The number of hydrogen-bond acceptors (Lipinski definition) is 10. The van der Waals surface area contributed by atoms with Gasteiger partial charge in [-0.2, -0.15) is 0 Å². The molecule has 4 fully saturated rings. The highest BCUT2D eigenvalue weighted by molar-refractivity contribution is 6.30. The number of rotatable bonds is 0. The van der Waals surface area contributed by atoms with Crippen LogP contribution in [0, 0.1) is 48.3 Å². The molecule has 0 heterocycles. The normalized spacial score (nSPS) is 38.1. The van der Waals surface area contributed by atoms with Crippen molar-refractivity contribution in [3.63, 3.8) is 0 Å². The monoisotopic (exact) mass is 542 g/mol. The minimum absolute atomic E-state index is 0.185. The van der Waals surface area contributed by atoms with Gasteiger partial charge in [0, 0.05) is 23.0 Å². The molecule has 202 valence electrons. The van der Waals surface area contributed by atoms with E-state index in [0.717, 1.165) is 0 Å². The van der Waals surface area contributed by atoms with Gasteiger partial charge in [-0.3, -0.25) is 19.2 Å². The molecule has 0 saturated heterocycles. The molecule has 4 bridgehead atoms. The predicted molar refractivity (Wildman–Crippen MR) is 134 cm³/mol. The minimum Gasteiger partial charge on any atom is -0.507 e. The van der Waals surface area contributed by atoms with Crippen molar-refractivity contribution < 1.29 is 49.8 Å². The van der Waals surface area contributed by atoms with E-state index in [4.69, 9.17) is 0 Å². The molecule has 8 rings (SSSR count). The van der Waals surface area contributed by atoms with Gasteiger partial charge in [0.2, 0.25) is 0 Å². The molecule has 10 nitrogen and oxygen atoms in total. The van der Waals surface area contributed by atoms with E-state index in [-0.39, 0.29) is 22.3 Å². The van der Waals surface area contributed by atoms with E-state index in [1.165, 1.54) is 24.3 Å². The van der Waals surface area contributed by atoms with Gasteiger partial charge in [-0.1, -0.05) is 0 Å². The van der Waals surface area contributed by atoms with Crippen molar-refractivity contribution in [2.24, 2.45) is 34.5 Å². The maximum atomic E-state index is 14.5. The molecule has 4 saturated carbocycles. The van der Waals surface area contributed by atoms with Crippen molar-refractivity contribution >= 4 is 34.7 Å². The summed E-state index contributed by atoms with van der Waals surface area (Å²) in [6, 6.07) is 5.37. The minimum atomic E-state index is -2.25. The lowest BCUT2D eigenvalue weighted by atomic mass is 9.46. The summed E-state index contributed by atoms with van der Waals surface area (Å²) in [6.45, 7) is 3.19. The highest BCUT2D eigenvalue weighted by Crippen LogP contribution is 2.80. The molecule has 0 amide bonds. The Bertz CT molecular complexity index is 1680. The molecule has 2 unspecified atom stereocenters. The Morgan fingerprint density at radius 3 is 1.30 bits per heavy atom. The van der Waals surface area contributed by atoms with Gasteiger partial charge >= 0.3 is 0 Å². The zero-order chi connectivity index (χ0) is 28.5. The van der Waals surface area contributed by atoms with Gasteiger partial charge in [0.15, 0.2) is 23.1 Å². The molecule has 2 aromatic rings. The summed E-state index contributed by atoms with van der Waals surface area (Å²) in [5.74, 6) is -12.2. The number of fused-ring (bicyclic) bond motifs is 4. The van der Waals surface area contributed by atoms with E-state index in [1.807, 2.05) is 0 Å². The number of aryl methyl sites for hydroxylation is 2. The van der Waals surface area contributed by atoms with Crippen LogP contribution in [0.1, 0.15) is 43.0 Å². The summed E-state index contributed by atoms with van der Waals surface area (Å²) in [5.41, 5.74) is -5.58. The van der Waals surface area contributed by atoms with Crippen LogP contribution in [0.25, 0.3) is 11.5 Å². The van der Waals surface area contributed by atoms with E-state index < -0.39 is 104 Å². The Balaban J connectivity index is 1.55. The van der Waals surface area contributed by atoms with Crippen LogP contribution in [0.4, 0.5) is 0 Å². The maximum absolute atomic E-state index is 14.5. The fourth-order valence-corrected chi connectivity index (χ4v) is 9.51. The first-order valence-corrected chi connectivity index (χ1v) is 12.9. The molecular formula is C30H22O10. The maximum Gasteiger partial charge on any atom is 0.175 e. The number of hydrogen-bond donors (Lipinski definition) is 6. The number of carbonyl (C=O) groups excluding carboxylic acids is 4. The molecule has 6 aliphatic carbocycles. The van der Waals surface area contributed by atoms with E-state index in [1.54, 1.807) is 13.8 Å². The number of aromatic hydroxyl groups is 2. The largest absolute Gasteiger partial charge is 0.507 e. The number of benzene rings is 2. The first kappa shape index (κ1) is 23.6. The third kappa shape index (κ3) is 1.96. The number of phenols is 2. The smallest absolute Gasteiger partial charge is 0.175 e. The van der Waals surface area contributed by atoms with Crippen molar-refractivity contribution in [1.29, 1.82) is 0 Å². The summed E-state index contributed by atoms with van der Waals surface area (Å²) < 4.78 is 0. The highest BCUT2D eigenvalue weighted by atomic mass is 16.3. The van der Waals surface area contributed by atoms with Crippen LogP contribution in [0.15, 0.2) is 35.4 Å². The molecule has 6 aliphatic rings. The Morgan fingerprint density at radius 1 is 0.600 bits per heavy atom. The second kappa shape index (κ2) is 6.54. The number of aliphatic hydroxyl groups excluding tert-OH is 4. The molecule has 6 N–H and O–H groups in total. The van der Waals surface area contributed by atoms with Crippen molar-refractivity contribution in [2.75, 3.05) is 0 Å². The third-order valence-electron chi connectivity index (χ3n) is 10.4. The van der Waals surface area contributed by atoms with Crippen LogP contribution < -0.4 is 0 Å². The number of aliphatic hydroxyl groups is 4. The predicted octanol–water partition coefficient (Wildman–Crippen LogP) is 1.70. The average Bonchev–Trinajstić information content (AvgIpc) is 3.22. The standard InChI is InChI=1S/C30H22O10/c1-7-3-9-13(11(31)5-7)21(33)17-25(37)20-23(35)15-16-24(36)19(29(15,17)27(9)39)26(38)18-22(34)14-10(28(40)30(16,18)20)4-8(2)6-12(14)32/h3-6,15-16,19-20,23-24,31-36H,1-2H3/t15-,16-,19+,20+,23-,24-,29?,30?/m1/s1. The van der Waals surface area contributed by atoms with Crippen LogP contribution in [0.2, 0.25) is 0 Å². The number of ketones is 4. The summed E-state index contributed by atoms with van der Waals surface area (Å²) in [7, 11) is 0. The van der Waals surface area contributed by atoms with E-state index in [0.29, 0.717) is 11.1 Å². The average molecular weight is 542 g/mol. The number of allylic oxidation sites excluding steroid dienone is 2. The zero-order valence-electron chi connectivity index (χ0n) is 21.1. The van der Waals surface area contributed by atoms with Gasteiger partial charge in [0.05, 0.1) is 57.1 Å². The van der Waals surface area contributed by atoms with Gasteiger partial charge < -0.3 is 30.6 Å². The molecule has 8 atom stereocenters. The van der Waals surface area contributed by atoms with E-state index in [2.05, 4.69) is 0 Å². The fraction of sp³-hybridized carbons (Fsp3) is 0.333. The molecule has 40 heavy (non-hydrogen) atoms. The lowest BCUT2D eigenvalue weighted by Gasteiger charge is -2.53. The Kier molecular flexibility index (Phi) is 3.86. The van der Waals surface area contributed by atoms with Crippen LogP contribution >= 0.6 is 0 Å². The van der Waals surface area contributed by atoms with Crippen molar-refractivity contribution in [3.8, 4) is 11.5 Å². The van der Waals surface area contributed by atoms with Crippen molar-refractivity contribution in [1.82, 2.24) is 0 Å². The topological polar surface area (TPSA) is 190 Å². The molecule has 2 aromatic carbocycles. The van der Waals surface area contributed by atoms with Gasteiger partial charge in [-0.05, 0) is 49.2 Å². The first-order valence-electron chi connectivity index (χ1n) is 12.9. The molecule has 0 aliphatic heterocycles. The van der Waals surface area contributed by atoms with Crippen molar-refractivity contribution in [3.05, 3.63) is 68.8 Å². The fourth-order valence-electron chi connectivity index (χ4n) is 9.51. The van der Waals surface area contributed by atoms with Crippen LogP contribution in [0.5, 0.6) is 11.5 Å². The third-order valence-corrected chi connectivity index (χ3v) is 10.4.